The van der Waals surface area contributed by atoms with Gasteiger partial charge in [-0.25, -0.2) is 9.97 Å². The third kappa shape index (κ3) is 2.95. The molecule has 1 unspecified atom stereocenters. The fourth-order valence-electron chi connectivity index (χ4n) is 4.73. The Morgan fingerprint density at radius 1 is 1.03 bits per heavy atom. The largest absolute Gasteiger partial charge is 0.492 e. The lowest BCUT2D eigenvalue weighted by molar-refractivity contribution is -0.131. The molecule has 1 aromatic carbocycles. The monoisotopic (exact) mass is 454 g/mol. The Morgan fingerprint density at radius 3 is 2.62 bits per heavy atom. The van der Waals surface area contributed by atoms with E-state index in [2.05, 4.69) is 19.9 Å². The first-order valence-electron chi connectivity index (χ1n) is 10.7. The number of piperazine rings is 1. The second-order valence-electron chi connectivity index (χ2n) is 8.22. The number of ketones is 1. The summed E-state index contributed by atoms with van der Waals surface area (Å²) in [6, 6.07) is 10.2. The number of H-pyrrole nitrogens is 1. The fourth-order valence-corrected chi connectivity index (χ4v) is 4.73. The zero-order chi connectivity index (χ0) is 23.4. The Morgan fingerprint density at radius 2 is 1.85 bits per heavy atom. The zero-order valence-electron chi connectivity index (χ0n) is 17.8. The minimum Gasteiger partial charge on any atom is -0.492 e. The summed E-state index contributed by atoms with van der Waals surface area (Å²) in [4.78, 5) is 58.1. The number of benzene rings is 1. The number of aromatic amines is 1. The summed E-state index contributed by atoms with van der Waals surface area (Å²) < 4.78 is 0. The van der Waals surface area contributed by atoms with Crippen molar-refractivity contribution in [3.8, 4) is 17.3 Å². The number of carbonyl (C=O) groups is 3. The van der Waals surface area contributed by atoms with Gasteiger partial charge in [0.2, 0.25) is 5.88 Å². The molecule has 2 N–H and O–H groups in total. The predicted molar refractivity (Wildman–Crippen MR) is 120 cm³/mol. The van der Waals surface area contributed by atoms with Crippen LogP contribution in [0.3, 0.4) is 0 Å². The van der Waals surface area contributed by atoms with Gasteiger partial charge in [-0.3, -0.25) is 19.4 Å². The molecule has 4 aromatic rings. The number of fused-ring (bicyclic) bond motifs is 5. The molecule has 0 spiro atoms. The first kappa shape index (κ1) is 20.0. The number of pyridine rings is 1. The van der Waals surface area contributed by atoms with Crippen LogP contribution >= 0.6 is 0 Å². The van der Waals surface area contributed by atoms with E-state index in [4.69, 9.17) is 0 Å². The van der Waals surface area contributed by atoms with E-state index < -0.39 is 17.7 Å². The quantitative estimate of drug-likeness (QED) is 0.442. The summed E-state index contributed by atoms with van der Waals surface area (Å²) in [6.07, 6.45) is 4.14. The maximum Gasteiger partial charge on any atom is 0.295 e. The van der Waals surface area contributed by atoms with E-state index in [0.717, 1.165) is 0 Å². The highest BCUT2D eigenvalue weighted by molar-refractivity contribution is 6.46. The van der Waals surface area contributed by atoms with Crippen molar-refractivity contribution < 1.29 is 19.5 Å². The highest BCUT2D eigenvalue weighted by Gasteiger charge is 2.44. The van der Waals surface area contributed by atoms with Gasteiger partial charge in [0, 0.05) is 36.8 Å². The number of carbonyl (C=O) groups excluding carboxylic acids is 3. The first-order valence-corrected chi connectivity index (χ1v) is 10.7. The van der Waals surface area contributed by atoms with Gasteiger partial charge in [-0.15, -0.1) is 0 Å². The van der Waals surface area contributed by atoms with Gasteiger partial charge in [-0.1, -0.05) is 18.2 Å². The van der Waals surface area contributed by atoms with E-state index in [9.17, 15) is 19.5 Å². The van der Waals surface area contributed by atoms with Crippen molar-refractivity contribution in [3.63, 3.8) is 0 Å². The minimum absolute atomic E-state index is 0.121. The van der Waals surface area contributed by atoms with Crippen LogP contribution in [0.4, 0.5) is 0 Å². The highest BCUT2D eigenvalue weighted by Crippen LogP contribution is 2.39. The summed E-state index contributed by atoms with van der Waals surface area (Å²) in [5.41, 5.74) is 2.84. The molecule has 0 saturated carbocycles. The summed E-state index contributed by atoms with van der Waals surface area (Å²) in [7, 11) is 0. The Bertz CT molecular complexity index is 1460. The van der Waals surface area contributed by atoms with Crippen LogP contribution in [-0.2, 0) is 4.79 Å². The molecule has 34 heavy (non-hydrogen) atoms. The van der Waals surface area contributed by atoms with E-state index >= 15 is 0 Å². The summed E-state index contributed by atoms with van der Waals surface area (Å²) in [5.74, 6) is -1.50. The molecule has 1 saturated heterocycles. The lowest BCUT2D eigenvalue weighted by Gasteiger charge is -2.43. The van der Waals surface area contributed by atoms with Crippen LogP contribution in [0.15, 0.2) is 55.0 Å². The predicted octanol–water partition coefficient (Wildman–Crippen LogP) is 1.95. The van der Waals surface area contributed by atoms with Crippen LogP contribution in [-0.4, -0.2) is 72.1 Å². The molecule has 0 radical (unpaired) electrons. The lowest BCUT2D eigenvalue weighted by Crippen LogP contribution is -2.56. The molecule has 1 atom stereocenters. The number of Topliss-reactive ketones (excluding diaryl/α,β-unsaturated/α-hetero) is 1. The smallest absolute Gasteiger partial charge is 0.295 e. The Balaban J connectivity index is 1.45. The second kappa shape index (κ2) is 7.48. The normalized spacial score (nSPS) is 17.6. The molecule has 2 amide bonds. The first-order chi connectivity index (χ1) is 16.5. The van der Waals surface area contributed by atoms with E-state index in [1.54, 1.807) is 23.1 Å². The van der Waals surface area contributed by atoms with Crippen LogP contribution < -0.4 is 0 Å². The third-order valence-corrected chi connectivity index (χ3v) is 6.33. The van der Waals surface area contributed by atoms with Crippen LogP contribution in [0.1, 0.15) is 32.5 Å². The fraction of sp³-hybridized carbons (Fsp3) is 0.167. The van der Waals surface area contributed by atoms with Crippen LogP contribution in [0.2, 0.25) is 0 Å². The highest BCUT2D eigenvalue weighted by atomic mass is 16.3. The van der Waals surface area contributed by atoms with Crippen molar-refractivity contribution in [2.75, 3.05) is 19.6 Å². The van der Waals surface area contributed by atoms with Gasteiger partial charge in [0.1, 0.15) is 11.4 Å². The van der Waals surface area contributed by atoms with Gasteiger partial charge in [0.25, 0.3) is 17.6 Å². The summed E-state index contributed by atoms with van der Waals surface area (Å²) in [6.45, 7) is 0.861. The topological polar surface area (TPSA) is 132 Å². The number of amides is 2. The number of nitrogens with zero attached hydrogens (tertiary/aromatic N) is 5. The molecule has 0 bridgehead atoms. The lowest BCUT2D eigenvalue weighted by atomic mass is 9.93. The Hall–Kier alpha value is -4.60. The van der Waals surface area contributed by atoms with E-state index in [-0.39, 0.29) is 24.9 Å². The molecular weight excluding hydrogens is 436 g/mol. The maximum absolute atomic E-state index is 13.1. The van der Waals surface area contributed by atoms with Gasteiger partial charge in [0.05, 0.1) is 35.2 Å². The van der Waals surface area contributed by atoms with E-state index in [0.29, 0.717) is 45.7 Å². The average molecular weight is 454 g/mol. The number of nitrogens with one attached hydrogen (secondary N) is 1. The number of hydrogen-bond acceptors (Lipinski definition) is 7. The number of aromatic hydroxyl groups is 1. The van der Waals surface area contributed by atoms with E-state index in [1.165, 1.54) is 23.5 Å². The molecule has 168 valence electrons. The molecule has 6 rings (SSSR count). The van der Waals surface area contributed by atoms with Crippen molar-refractivity contribution in [2.24, 2.45) is 0 Å². The van der Waals surface area contributed by atoms with Gasteiger partial charge < -0.3 is 19.9 Å². The number of hydrogen-bond donors (Lipinski definition) is 2. The number of aromatic nitrogens is 4. The maximum atomic E-state index is 13.1. The van der Waals surface area contributed by atoms with Gasteiger partial charge in [0.15, 0.2) is 0 Å². The molecule has 10 heteroatoms. The summed E-state index contributed by atoms with van der Waals surface area (Å²) in [5, 5.41) is 10.0. The van der Waals surface area contributed by atoms with Crippen molar-refractivity contribution >= 4 is 28.5 Å². The van der Waals surface area contributed by atoms with Gasteiger partial charge in [-0.2, -0.15) is 0 Å². The van der Waals surface area contributed by atoms with Gasteiger partial charge in [-0.05, 0) is 18.2 Å². The van der Waals surface area contributed by atoms with Gasteiger partial charge >= 0.3 is 0 Å². The SMILES string of the molecule is O=C1C(=O)N2CCN(C(=O)c3ccccc3)CC2c2[nH]c3c(-c4cnc(O)cn4)nccc3c21. The molecule has 5 heterocycles. The van der Waals surface area contributed by atoms with Crippen LogP contribution in [0, 0.1) is 0 Å². The molecule has 0 aliphatic carbocycles. The van der Waals surface area contributed by atoms with Crippen molar-refractivity contribution in [2.45, 2.75) is 6.04 Å². The molecule has 10 nitrogen and oxygen atoms in total. The zero-order valence-corrected chi connectivity index (χ0v) is 17.8. The van der Waals surface area contributed by atoms with Crippen molar-refractivity contribution in [1.82, 2.24) is 29.7 Å². The van der Waals surface area contributed by atoms with E-state index in [1.807, 2.05) is 18.2 Å². The minimum atomic E-state index is -0.589. The average Bonchev–Trinajstić information content (AvgIpc) is 3.28. The molecule has 2 aliphatic rings. The standard InChI is InChI=1S/C24H18N6O4/c31-17-11-26-15(10-27-17)20-19-14(6-7-25-20)18-21(28-19)16-12-29(8-9-30(16)24(34)22(18)32)23(33)13-4-2-1-3-5-13/h1-7,10-11,16,28H,8-9,12H2,(H,27,31). The van der Waals surface area contributed by atoms with Crippen molar-refractivity contribution in [3.05, 3.63) is 71.8 Å². The second-order valence-corrected chi connectivity index (χ2v) is 8.22. The van der Waals surface area contributed by atoms with Crippen LogP contribution in [0.25, 0.3) is 22.3 Å². The molecule has 1 fully saturated rings. The Kier molecular flexibility index (Phi) is 4.41. The molecule has 2 aliphatic heterocycles. The molecule has 3 aromatic heterocycles. The van der Waals surface area contributed by atoms with Crippen molar-refractivity contribution in [1.29, 1.82) is 0 Å². The third-order valence-electron chi connectivity index (χ3n) is 6.33. The summed E-state index contributed by atoms with van der Waals surface area (Å²) >= 11 is 0. The Labute approximate surface area is 192 Å². The number of rotatable bonds is 2. The van der Waals surface area contributed by atoms with Crippen LogP contribution in [0.5, 0.6) is 5.88 Å². The molecular formula is C24H18N6O4.